The van der Waals surface area contributed by atoms with E-state index in [0.717, 1.165) is 5.69 Å². The number of nitrogens with zero attached hydrogens (tertiary/aromatic N) is 1. The molecule has 0 saturated carbocycles. The second-order valence-electron chi connectivity index (χ2n) is 4.59. The molecule has 2 N–H and O–H groups in total. The number of hydrogen-bond donors (Lipinski definition) is 1. The van der Waals surface area contributed by atoms with Gasteiger partial charge < -0.3 is 15.2 Å². The summed E-state index contributed by atoms with van der Waals surface area (Å²) >= 11 is 0. The number of nitrogen functional groups attached to an aromatic ring is 1. The van der Waals surface area contributed by atoms with Gasteiger partial charge in [0.25, 0.3) is 0 Å². The Morgan fingerprint density at radius 3 is 2.58 bits per heavy atom. The Morgan fingerprint density at radius 2 is 1.89 bits per heavy atom. The van der Waals surface area contributed by atoms with Gasteiger partial charge in [-0.15, -0.1) is 0 Å². The van der Waals surface area contributed by atoms with E-state index in [-0.39, 0.29) is 6.10 Å². The molecule has 100 valence electrons. The predicted octanol–water partition coefficient (Wildman–Crippen LogP) is 3.55. The zero-order valence-corrected chi connectivity index (χ0v) is 11.4. The Morgan fingerprint density at radius 1 is 1.16 bits per heavy atom. The summed E-state index contributed by atoms with van der Waals surface area (Å²) in [6.45, 7) is 5.83. The number of aryl methyl sites for hydroxylation is 1. The van der Waals surface area contributed by atoms with E-state index in [1.54, 1.807) is 18.3 Å². The van der Waals surface area contributed by atoms with Crippen molar-refractivity contribution < 1.29 is 9.47 Å². The maximum atomic E-state index is 5.85. The quantitative estimate of drug-likeness (QED) is 0.852. The largest absolute Gasteiger partial charge is 0.491 e. The van der Waals surface area contributed by atoms with Crippen molar-refractivity contribution in [2.45, 2.75) is 26.9 Å². The lowest BCUT2D eigenvalue weighted by molar-refractivity contribution is 0.242. The fourth-order valence-electron chi connectivity index (χ4n) is 1.70. The zero-order valence-electron chi connectivity index (χ0n) is 11.4. The van der Waals surface area contributed by atoms with Gasteiger partial charge in [0.05, 0.1) is 11.8 Å². The second-order valence-corrected chi connectivity index (χ2v) is 4.59. The SMILES string of the molecule is Cc1ncccc1Oc1cc(N)cc(OC(C)C)c1. The Hall–Kier alpha value is -2.23. The van der Waals surface area contributed by atoms with E-state index in [4.69, 9.17) is 15.2 Å². The average molecular weight is 258 g/mol. The van der Waals surface area contributed by atoms with Crippen LogP contribution in [0.4, 0.5) is 5.69 Å². The standard InChI is InChI=1S/C15H18N2O2/c1-10(2)18-13-7-12(16)8-14(9-13)19-15-5-4-6-17-11(15)3/h4-10H,16H2,1-3H3. The lowest BCUT2D eigenvalue weighted by atomic mass is 10.2. The van der Waals surface area contributed by atoms with Crippen LogP contribution in [0, 0.1) is 6.92 Å². The van der Waals surface area contributed by atoms with Crippen molar-refractivity contribution in [3.05, 3.63) is 42.2 Å². The third-order valence-corrected chi connectivity index (χ3v) is 2.46. The Balaban J connectivity index is 2.25. The van der Waals surface area contributed by atoms with Gasteiger partial charge in [0.1, 0.15) is 17.2 Å². The van der Waals surface area contributed by atoms with Crippen LogP contribution in [0.1, 0.15) is 19.5 Å². The molecule has 0 unspecified atom stereocenters. The van der Waals surface area contributed by atoms with Crippen molar-refractivity contribution in [1.29, 1.82) is 0 Å². The molecule has 2 rings (SSSR count). The summed E-state index contributed by atoms with van der Waals surface area (Å²) in [4.78, 5) is 4.18. The minimum atomic E-state index is 0.0924. The number of anilines is 1. The number of rotatable bonds is 4. The highest BCUT2D eigenvalue weighted by molar-refractivity contribution is 5.51. The number of pyridine rings is 1. The summed E-state index contributed by atoms with van der Waals surface area (Å²) in [6.07, 6.45) is 1.82. The molecule has 0 amide bonds. The highest BCUT2D eigenvalue weighted by Gasteiger charge is 2.06. The molecular formula is C15H18N2O2. The molecule has 2 aromatic rings. The normalized spacial score (nSPS) is 10.5. The molecule has 4 heteroatoms. The molecular weight excluding hydrogens is 240 g/mol. The van der Waals surface area contributed by atoms with Gasteiger partial charge in [0, 0.05) is 30.1 Å². The van der Waals surface area contributed by atoms with Crippen molar-refractivity contribution in [2.24, 2.45) is 0 Å². The van der Waals surface area contributed by atoms with Gasteiger partial charge in [-0.2, -0.15) is 0 Å². The molecule has 0 saturated heterocycles. The Bertz CT molecular complexity index is 568. The number of nitrogens with two attached hydrogens (primary N) is 1. The summed E-state index contributed by atoms with van der Waals surface area (Å²) in [5.74, 6) is 2.06. The smallest absolute Gasteiger partial charge is 0.148 e. The lowest BCUT2D eigenvalue weighted by Gasteiger charge is -2.13. The van der Waals surface area contributed by atoms with Crippen LogP contribution < -0.4 is 15.2 Å². The first-order valence-electron chi connectivity index (χ1n) is 6.21. The first-order chi connectivity index (χ1) is 9.04. The summed E-state index contributed by atoms with van der Waals surface area (Å²) in [5.41, 5.74) is 7.29. The molecule has 4 nitrogen and oxygen atoms in total. The molecule has 0 bridgehead atoms. The molecule has 0 aliphatic heterocycles. The molecule has 0 aliphatic rings. The van der Waals surface area contributed by atoms with Crippen LogP contribution in [0.2, 0.25) is 0 Å². The average Bonchev–Trinajstić information content (AvgIpc) is 2.30. The van der Waals surface area contributed by atoms with E-state index in [9.17, 15) is 0 Å². The lowest BCUT2D eigenvalue weighted by Crippen LogP contribution is -2.06. The summed E-state index contributed by atoms with van der Waals surface area (Å²) in [5, 5.41) is 0. The third kappa shape index (κ3) is 3.61. The summed E-state index contributed by atoms with van der Waals surface area (Å²) < 4.78 is 11.4. The molecule has 1 aromatic heterocycles. The van der Waals surface area contributed by atoms with Gasteiger partial charge in [0.2, 0.25) is 0 Å². The second kappa shape index (κ2) is 5.61. The summed E-state index contributed by atoms with van der Waals surface area (Å²) in [7, 11) is 0. The highest BCUT2D eigenvalue weighted by Crippen LogP contribution is 2.29. The van der Waals surface area contributed by atoms with Crippen LogP contribution >= 0.6 is 0 Å². The van der Waals surface area contributed by atoms with Gasteiger partial charge in [-0.3, -0.25) is 4.98 Å². The van der Waals surface area contributed by atoms with Crippen molar-refractivity contribution >= 4 is 5.69 Å². The number of hydrogen-bond acceptors (Lipinski definition) is 4. The molecule has 0 atom stereocenters. The van der Waals surface area contributed by atoms with E-state index in [2.05, 4.69) is 4.98 Å². The van der Waals surface area contributed by atoms with Crippen LogP contribution in [-0.4, -0.2) is 11.1 Å². The van der Waals surface area contributed by atoms with E-state index in [1.165, 1.54) is 0 Å². The molecule has 1 aromatic carbocycles. The van der Waals surface area contributed by atoms with E-state index < -0.39 is 0 Å². The molecule has 0 spiro atoms. The zero-order chi connectivity index (χ0) is 13.8. The van der Waals surface area contributed by atoms with Crippen LogP contribution in [0.3, 0.4) is 0 Å². The van der Waals surface area contributed by atoms with Crippen molar-refractivity contribution in [2.75, 3.05) is 5.73 Å². The van der Waals surface area contributed by atoms with Crippen LogP contribution in [0.15, 0.2) is 36.5 Å². The molecule has 0 radical (unpaired) electrons. The Labute approximate surface area is 113 Å². The van der Waals surface area contributed by atoms with E-state index >= 15 is 0 Å². The topological polar surface area (TPSA) is 57.4 Å². The maximum Gasteiger partial charge on any atom is 0.148 e. The number of aromatic nitrogens is 1. The van der Waals surface area contributed by atoms with Gasteiger partial charge in [-0.1, -0.05) is 0 Å². The van der Waals surface area contributed by atoms with Crippen LogP contribution in [-0.2, 0) is 0 Å². The first kappa shape index (κ1) is 13.2. The van der Waals surface area contributed by atoms with Gasteiger partial charge in [-0.05, 0) is 32.9 Å². The first-order valence-corrected chi connectivity index (χ1v) is 6.21. The predicted molar refractivity (Wildman–Crippen MR) is 75.7 cm³/mol. The molecule has 0 aliphatic carbocycles. The fraction of sp³-hybridized carbons (Fsp3) is 0.267. The number of ether oxygens (including phenoxy) is 2. The third-order valence-electron chi connectivity index (χ3n) is 2.46. The minimum absolute atomic E-state index is 0.0924. The van der Waals surface area contributed by atoms with Gasteiger partial charge in [0.15, 0.2) is 0 Å². The number of benzene rings is 1. The van der Waals surface area contributed by atoms with Crippen molar-refractivity contribution in [1.82, 2.24) is 4.98 Å². The van der Waals surface area contributed by atoms with Crippen LogP contribution in [0.25, 0.3) is 0 Å². The maximum absolute atomic E-state index is 5.85. The fourth-order valence-corrected chi connectivity index (χ4v) is 1.70. The van der Waals surface area contributed by atoms with Gasteiger partial charge in [-0.25, -0.2) is 0 Å². The van der Waals surface area contributed by atoms with Crippen molar-refractivity contribution in [3.63, 3.8) is 0 Å². The Kier molecular flexibility index (Phi) is 3.90. The summed E-state index contributed by atoms with van der Waals surface area (Å²) in [6, 6.07) is 9.07. The minimum Gasteiger partial charge on any atom is -0.491 e. The molecule has 19 heavy (non-hydrogen) atoms. The van der Waals surface area contributed by atoms with Crippen LogP contribution in [0.5, 0.6) is 17.2 Å². The van der Waals surface area contributed by atoms with E-state index in [0.29, 0.717) is 22.9 Å². The molecule has 1 heterocycles. The van der Waals surface area contributed by atoms with Crippen molar-refractivity contribution in [3.8, 4) is 17.2 Å². The van der Waals surface area contributed by atoms with Gasteiger partial charge >= 0.3 is 0 Å². The molecule has 0 fully saturated rings. The van der Waals surface area contributed by atoms with E-state index in [1.807, 2.05) is 39.0 Å². The highest BCUT2D eigenvalue weighted by atomic mass is 16.5. The monoisotopic (exact) mass is 258 g/mol.